The molecule has 1 atom stereocenters. The number of nitrogens with zero attached hydrogens (tertiary/aromatic N) is 1. The van der Waals surface area contributed by atoms with Crippen LogP contribution in [0.15, 0.2) is 28.8 Å². The van der Waals surface area contributed by atoms with Gasteiger partial charge in [-0.1, -0.05) is 31.1 Å². The summed E-state index contributed by atoms with van der Waals surface area (Å²) >= 11 is 0. The molecule has 1 unspecified atom stereocenters. The summed E-state index contributed by atoms with van der Waals surface area (Å²) in [6.45, 7) is 4.24. The summed E-state index contributed by atoms with van der Waals surface area (Å²) < 4.78 is 18.3. The van der Waals surface area contributed by atoms with Crippen LogP contribution in [0.1, 0.15) is 49.0 Å². The van der Waals surface area contributed by atoms with Crippen molar-refractivity contribution in [1.29, 1.82) is 0 Å². The minimum absolute atomic E-state index is 0.0381. The number of rotatable bonds is 2. The number of aliphatic hydroxyl groups is 1. The van der Waals surface area contributed by atoms with Crippen LogP contribution in [0.4, 0.5) is 4.39 Å². The molecule has 0 radical (unpaired) electrons. The molecule has 1 N–H and O–H groups in total. The standard InChI is InChI=1S/C16H18FNO2/c1-16(2)8-12-15(13(19)9-16)14(20-18-12)7-10-3-5-11(17)6-4-10/h3-6,13,19H,7-9H2,1-2H3. The molecular formula is C16H18FNO2. The van der Waals surface area contributed by atoms with Crippen LogP contribution < -0.4 is 0 Å². The van der Waals surface area contributed by atoms with Gasteiger partial charge in [0, 0.05) is 12.0 Å². The van der Waals surface area contributed by atoms with Crippen molar-refractivity contribution < 1.29 is 14.0 Å². The Labute approximate surface area is 117 Å². The van der Waals surface area contributed by atoms with Crippen LogP contribution in [0.3, 0.4) is 0 Å². The molecule has 1 aromatic heterocycles. The molecule has 0 spiro atoms. The van der Waals surface area contributed by atoms with Crippen LogP contribution in [0.2, 0.25) is 0 Å². The van der Waals surface area contributed by atoms with Crippen LogP contribution in [-0.2, 0) is 12.8 Å². The van der Waals surface area contributed by atoms with Crippen LogP contribution in [0.25, 0.3) is 0 Å². The van der Waals surface area contributed by atoms with Crippen molar-refractivity contribution in [1.82, 2.24) is 5.16 Å². The molecule has 0 aliphatic heterocycles. The second-order valence-corrected chi connectivity index (χ2v) is 6.33. The number of halogens is 1. The van der Waals surface area contributed by atoms with E-state index in [1.54, 1.807) is 12.1 Å². The third-order valence-electron chi connectivity index (χ3n) is 3.88. The predicted molar refractivity (Wildman–Crippen MR) is 72.8 cm³/mol. The summed E-state index contributed by atoms with van der Waals surface area (Å²) in [6, 6.07) is 6.31. The van der Waals surface area contributed by atoms with Gasteiger partial charge in [0.05, 0.1) is 11.8 Å². The van der Waals surface area contributed by atoms with Crippen molar-refractivity contribution in [3.8, 4) is 0 Å². The highest BCUT2D eigenvalue weighted by Gasteiger charge is 2.36. The van der Waals surface area contributed by atoms with Gasteiger partial charge in [0.1, 0.15) is 11.6 Å². The first kappa shape index (κ1) is 13.3. The quantitative estimate of drug-likeness (QED) is 0.913. The Morgan fingerprint density at radius 2 is 2.05 bits per heavy atom. The summed E-state index contributed by atoms with van der Waals surface area (Å²) in [6.07, 6.45) is 1.51. The molecule has 0 saturated carbocycles. The molecule has 3 nitrogen and oxygen atoms in total. The fourth-order valence-electron chi connectivity index (χ4n) is 2.94. The lowest BCUT2D eigenvalue weighted by Gasteiger charge is -2.31. The van der Waals surface area contributed by atoms with Crippen LogP contribution in [0.5, 0.6) is 0 Å². The summed E-state index contributed by atoms with van der Waals surface area (Å²) in [7, 11) is 0. The van der Waals surface area contributed by atoms with Crippen molar-refractivity contribution >= 4 is 0 Å². The molecule has 0 fully saturated rings. The van der Waals surface area contributed by atoms with Gasteiger partial charge in [0.25, 0.3) is 0 Å². The third kappa shape index (κ3) is 2.48. The highest BCUT2D eigenvalue weighted by Crippen LogP contribution is 2.42. The number of hydrogen-bond donors (Lipinski definition) is 1. The van der Waals surface area contributed by atoms with E-state index >= 15 is 0 Å². The van der Waals surface area contributed by atoms with Gasteiger partial charge in [-0.15, -0.1) is 0 Å². The second-order valence-electron chi connectivity index (χ2n) is 6.33. The van der Waals surface area contributed by atoms with Crippen molar-refractivity contribution in [3.63, 3.8) is 0 Å². The first-order valence-corrected chi connectivity index (χ1v) is 6.84. The zero-order valence-corrected chi connectivity index (χ0v) is 11.7. The fraction of sp³-hybridized carbons (Fsp3) is 0.438. The summed E-state index contributed by atoms with van der Waals surface area (Å²) in [4.78, 5) is 0. The summed E-state index contributed by atoms with van der Waals surface area (Å²) in [5.41, 5.74) is 2.66. The van der Waals surface area contributed by atoms with E-state index in [1.165, 1.54) is 12.1 Å². The van der Waals surface area contributed by atoms with E-state index in [4.69, 9.17) is 4.52 Å². The summed E-state index contributed by atoms with van der Waals surface area (Å²) in [5, 5.41) is 14.4. The lowest BCUT2D eigenvalue weighted by atomic mass is 9.75. The van der Waals surface area contributed by atoms with Crippen molar-refractivity contribution in [3.05, 3.63) is 52.7 Å². The van der Waals surface area contributed by atoms with Gasteiger partial charge in [-0.05, 0) is 36.0 Å². The van der Waals surface area contributed by atoms with E-state index in [1.807, 2.05) is 0 Å². The lowest BCUT2D eigenvalue weighted by molar-refractivity contribution is 0.0986. The predicted octanol–water partition coefficient (Wildman–Crippen LogP) is 3.41. The molecule has 4 heteroatoms. The molecule has 2 aromatic rings. The van der Waals surface area contributed by atoms with Crippen LogP contribution >= 0.6 is 0 Å². The van der Waals surface area contributed by atoms with Gasteiger partial charge >= 0.3 is 0 Å². The van der Waals surface area contributed by atoms with Gasteiger partial charge in [0.15, 0.2) is 0 Å². The van der Waals surface area contributed by atoms with E-state index < -0.39 is 6.10 Å². The molecule has 0 bridgehead atoms. The summed E-state index contributed by atoms with van der Waals surface area (Å²) in [5.74, 6) is 0.435. The first-order valence-electron chi connectivity index (χ1n) is 6.84. The van der Waals surface area contributed by atoms with Crippen LogP contribution in [0, 0.1) is 11.2 Å². The number of aliphatic hydroxyl groups excluding tert-OH is 1. The highest BCUT2D eigenvalue weighted by atomic mass is 19.1. The topological polar surface area (TPSA) is 46.3 Å². The first-order chi connectivity index (χ1) is 9.44. The number of benzene rings is 1. The molecule has 3 rings (SSSR count). The minimum atomic E-state index is -0.532. The smallest absolute Gasteiger partial charge is 0.147 e. The minimum Gasteiger partial charge on any atom is -0.388 e. The van der Waals surface area contributed by atoms with E-state index in [9.17, 15) is 9.50 Å². The molecule has 1 aliphatic carbocycles. The van der Waals surface area contributed by atoms with Crippen LogP contribution in [-0.4, -0.2) is 10.3 Å². The molecule has 1 aliphatic rings. The zero-order chi connectivity index (χ0) is 14.3. The largest absolute Gasteiger partial charge is 0.388 e. The normalized spacial score (nSPS) is 20.7. The number of hydrogen-bond acceptors (Lipinski definition) is 3. The van der Waals surface area contributed by atoms with Crippen molar-refractivity contribution in [2.75, 3.05) is 0 Å². The highest BCUT2D eigenvalue weighted by molar-refractivity contribution is 5.33. The molecule has 106 valence electrons. The van der Waals surface area contributed by atoms with E-state index in [2.05, 4.69) is 19.0 Å². The monoisotopic (exact) mass is 275 g/mol. The Morgan fingerprint density at radius 1 is 1.35 bits per heavy atom. The third-order valence-corrected chi connectivity index (χ3v) is 3.88. The zero-order valence-electron chi connectivity index (χ0n) is 11.7. The molecule has 20 heavy (non-hydrogen) atoms. The molecule has 1 heterocycles. The molecule has 0 amide bonds. The van der Waals surface area contributed by atoms with Gasteiger partial charge < -0.3 is 9.63 Å². The maximum absolute atomic E-state index is 12.9. The average molecular weight is 275 g/mol. The Hall–Kier alpha value is -1.68. The Kier molecular flexibility index (Phi) is 3.13. The van der Waals surface area contributed by atoms with Crippen molar-refractivity contribution in [2.45, 2.75) is 39.2 Å². The molecule has 1 aromatic carbocycles. The number of aromatic nitrogens is 1. The van der Waals surface area contributed by atoms with Gasteiger partial charge in [-0.2, -0.15) is 0 Å². The van der Waals surface area contributed by atoms with Crippen molar-refractivity contribution in [2.24, 2.45) is 5.41 Å². The lowest BCUT2D eigenvalue weighted by Crippen LogP contribution is -2.25. The SMILES string of the molecule is CC1(C)Cc2noc(Cc3ccc(F)cc3)c2C(O)C1. The number of fused-ring (bicyclic) bond motifs is 1. The Balaban J connectivity index is 1.89. The average Bonchev–Trinajstić information content (AvgIpc) is 2.73. The molecule has 0 saturated heterocycles. The fourth-order valence-corrected chi connectivity index (χ4v) is 2.94. The van der Waals surface area contributed by atoms with Gasteiger partial charge in [0.2, 0.25) is 0 Å². The second kappa shape index (κ2) is 4.70. The molecular weight excluding hydrogens is 257 g/mol. The maximum atomic E-state index is 12.9. The maximum Gasteiger partial charge on any atom is 0.147 e. The van der Waals surface area contributed by atoms with Gasteiger partial charge in [-0.25, -0.2) is 4.39 Å². The van der Waals surface area contributed by atoms with E-state index in [0.29, 0.717) is 18.6 Å². The van der Waals surface area contributed by atoms with Gasteiger partial charge in [-0.3, -0.25) is 0 Å². The van der Waals surface area contributed by atoms with E-state index in [-0.39, 0.29) is 11.2 Å². The Morgan fingerprint density at radius 3 is 2.75 bits per heavy atom. The van der Waals surface area contributed by atoms with E-state index in [0.717, 1.165) is 23.2 Å². The Bertz CT molecular complexity index is 616.